The van der Waals surface area contributed by atoms with Crippen molar-refractivity contribution in [3.05, 3.63) is 12.3 Å². The van der Waals surface area contributed by atoms with Crippen LogP contribution in [0.3, 0.4) is 0 Å². The highest BCUT2D eigenvalue weighted by Crippen LogP contribution is 2.08. The Morgan fingerprint density at radius 1 is 1.88 bits per heavy atom. The minimum absolute atomic E-state index is 0.0880. The Hall–Kier alpha value is -0.830. The molecule has 1 heterocycles. The Labute approximate surface area is 47.1 Å². The zero-order valence-corrected chi connectivity index (χ0v) is 4.39. The van der Waals surface area contributed by atoms with Crippen molar-refractivity contribution in [2.45, 2.75) is 6.04 Å². The zero-order chi connectivity index (χ0) is 6.15. The van der Waals surface area contributed by atoms with E-state index >= 15 is 0 Å². The van der Waals surface area contributed by atoms with Crippen molar-refractivity contribution in [1.29, 1.82) is 0 Å². The lowest BCUT2D eigenvalue weighted by molar-refractivity contribution is -0.118. The highest BCUT2D eigenvalue weighted by molar-refractivity contribution is 5.89. The van der Waals surface area contributed by atoms with Gasteiger partial charge in [0.2, 0.25) is 0 Å². The molecule has 1 rings (SSSR count). The lowest BCUT2D eigenvalue weighted by Crippen LogP contribution is -2.26. The van der Waals surface area contributed by atoms with Gasteiger partial charge < -0.3 is 10.5 Å². The Kier molecular flexibility index (Phi) is 1.06. The van der Waals surface area contributed by atoms with E-state index in [1.165, 1.54) is 0 Å². The maximum Gasteiger partial charge on any atom is 0.194 e. The van der Waals surface area contributed by atoms with Gasteiger partial charge in [-0.15, -0.1) is 0 Å². The standard InChI is InChI=1S/C5H7NO2/c1-3-5(6)4(7)2-8-3/h5H,1-2,6H2. The summed E-state index contributed by atoms with van der Waals surface area (Å²) in [5, 5.41) is 0. The van der Waals surface area contributed by atoms with Crippen LogP contribution in [0.2, 0.25) is 0 Å². The molecule has 0 aromatic rings. The second kappa shape index (κ2) is 1.59. The predicted octanol–water partition coefficient (Wildman–Crippen LogP) is -0.573. The van der Waals surface area contributed by atoms with Gasteiger partial charge in [0.25, 0.3) is 0 Å². The molecule has 1 fully saturated rings. The highest BCUT2D eigenvalue weighted by atomic mass is 16.5. The van der Waals surface area contributed by atoms with E-state index in [9.17, 15) is 4.79 Å². The molecule has 0 radical (unpaired) electrons. The zero-order valence-electron chi connectivity index (χ0n) is 4.39. The number of carbonyl (C=O) groups excluding carboxylic acids is 1. The predicted molar refractivity (Wildman–Crippen MR) is 28.1 cm³/mol. The normalized spacial score (nSPS) is 28.4. The molecule has 2 N–H and O–H groups in total. The molecule has 0 spiro atoms. The van der Waals surface area contributed by atoms with Crippen molar-refractivity contribution in [3.63, 3.8) is 0 Å². The van der Waals surface area contributed by atoms with Crippen LogP contribution in [0, 0.1) is 0 Å². The van der Waals surface area contributed by atoms with Crippen molar-refractivity contribution in [2.24, 2.45) is 5.73 Å². The Bertz CT molecular complexity index is 125. The first-order chi connectivity index (χ1) is 3.72. The van der Waals surface area contributed by atoms with Gasteiger partial charge in [0.05, 0.1) is 0 Å². The summed E-state index contributed by atoms with van der Waals surface area (Å²) in [7, 11) is 0. The number of ketones is 1. The summed E-state index contributed by atoms with van der Waals surface area (Å²) < 4.78 is 4.71. The van der Waals surface area contributed by atoms with Gasteiger partial charge in [0.15, 0.2) is 5.78 Å². The summed E-state index contributed by atoms with van der Waals surface area (Å²) >= 11 is 0. The fourth-order valence-corrected chi connectivity index (χ4v) is 0.523. The molecular formula is C5H7NO2. The lowest BCUT2D eigenvalue weighted by Gasteiger charge is -1.95. The fourth-order valence-electron chi connectivity index (χ4n) is 0.523. The Morgan fingerprint density at radius 2 is 2.50 bits per heavy atom. The molecule has 0 amide bonds. The van der Waals surface area contributed by atoms with Crippen LogP contribution >= 0.6 is 0 Å². The van der Waals surface area contributed by atoms with Gasteiger partial charge in [-0.3, -0.25) is 4.79 Å². The third-order valence-electron chi connectivity index (χ3n) is 1.09. The minimum Gasteiger partial charge on any atom is -0.489 e. The van der Waals surface area contributed by atoms with Gasteiger partial charge in [0, 0.05) is 0 Å². The topological polar surface area (TPSA) is 52.3 Å². The maximum absolute atomic E-state index is 10.5. The largest absolute Gasteiger partial charge is 0.489 e. The van der Waals surface area contributed by atoms with Gasteiger partial charge in [-0.25, -0.2) is 0 Å². The molecule has 0 bridgehead atoms. The van der Waals surface area contributed by atoms with E-state index in [-0.39, 0.29) is 12.4 Å². The quantitative estimate of drug-likeness (QED) is 0.457. The smallest absolute Gasteiger partial charge is 0.194 e. The summed E-state index contributed by atoms with van der Waals surface area (Å²) in [4.78, 5) is 10.5. The van der Waals surface area contributed by atoms with E-state index in [1.807, 2.05) is 0 Å². The number of hydrogen-bond donors (Lipinski definition) is 1. The number of carbonyl (C=O) groups is 1. The van der Waals surface area contributed by atoms with E-state index < -0.39 is 6.04 Å². The first-order valence-electron chi connectivity index (χ1n) is 2.31. The molecule has 1 aliphatic rings. The number of hydrogen-bond acceptors (Lipinski definition) is 3. The molecule has 44 valence electrons. The third-order valence-corrected chi connectivity index (χ3v) is 1.09. The summed E-state index contributed by atoms with van der Waals surface area (Å²) in [6, 6.07) is -0.574. The van der Waals surface area contributed by atoms with E-state index in [0.717, 1.165) is 0 Å². The Balaban J connectivity index is 2.70. The van der Waals surface area contributed by atoms with Gasteiger partial charge in [-0.2, -0.15) is 0 Å². The fraction of sp³-hybridized carbons (Fsp3) is 0.400. The van der Waals surface area contributed by atoms with Crippen LogP contribution in [0.15, 0.2) is 12.3 Å². The molecule has 3 heteroatoms. The number of ether oxygens (including phenoxy) is 1. The molecule has 1 saturated heterocycles. The monoisotopic (exact) mass is 113 g/mol. The van der Waals surface area contributed by atoms with E-state index in [0.29, 0.717) is 5.76 Å². The van der Waals surface area contributed by atoms with Crippen molar-refractivity contribution < 1.29 is 9.53 Å². The molecule has 0 aliphatic carbocycles. The summed E-state index contributed by atoms with van der Waals surface area (Å²) in [6.07, 6.45) is 0. The van der Waals surface area contributed by atoms with Crippen LogP contribution < -0.4 is 5.73 Å². The van der Waals surface area contributed by atoms with Crippen LogP contribution in [0.25, 0.3) is 0 Å². The van der Waals surface area contributed by atoms with E-state index in [2.05, 4.69) is 6.58 Å². The van der Waals surface area contributed by atoms with Crippen LogP contribution in [0.5, 0.6) is 0 Å². The first-order valence-corrected chi connectivity index (χ1v) is 2.31. The molecule has 0 saturated carbocycles. The molecule has 0 aromatic heterocycles. The van der Waals surface area contributed by atoms with Gasteiger partial charge in [-0.05, 0) is 0 Å². The SMILES string of the molecule is C=C1OCC(=O)C1N. The molecule has 1 atom stereocenters. The average molecular weight is 113 g/mol. The summed E-state index contributed by atoms with van der Waals surface area (Å²) in [6.45, 7) is 3.51. The Morgan fingerprint density at radius 3 is 2.62 bits per heavy atom. The van der Waals surface area contributed by atoms with Crippen LogP contribution in [-0.4, -0.2) is 18.4 Å². The van der Waals surface area contributed by atoms with Crippen LogP contribution in [0.4, 0.5) is 0 Å². The molecule has 0 aromatic carbocycles. The second-order valence-electron chi connectivity index (χ2n) is 1.70. The number of nitrogens with two attached hydrogens (primary N) is 1. The molecule has 8 heavy (non-hydrogen) atoms. The van der Waals surface area contributed by atoms with E-state index in [1.54, 1.807) is 0 Å². The molecule has 3 nitrogen and oxygen atoms in total. The van der Waals surface area contributed by atoms with Gasteiger partial charge in [0.1, 0.15) is 18.4 Å². The lowest BCUT2D eigenvalue weighted by atomic mass is 10.2. The van der Waals surface area contributed by atoms with Gasteiger partial charge in [-0.1, -0.05) is 6.58 Å². The number of Topliss-reactive ketones (excluding diaryl/α,β-unsaturated/α-hetero) is 1. The van der Waals surface area contributed by atoms with Crippen LogP contribution in [-0.2, 0) is 9.53 Å². The van der Waals surface area contributed by atoms with E-state index in [4.69, 9.17) is 10.5 Å². The molecular weight excluding hydrogens is 106 g/mol. The average Bonchev–Trinajstić information content (AvgIpc) is 1.98. The molecule has 1 aliphatic heterocycles. The van der Waals surface area contributed by atoms with Crippen molar-refractivity contribution in [3.8, 4) is 0 Å². The first kappa shape index (κ1) is 5.31. The third kappa shape index (κ3) is 0.607. The van der Waals surface area contributed by atoms with Crippen molar-refractivity contribution >= 4 is 5.78 Å². The van der Waals surface area contributed by atoms with Crippen molar-refractivity contribution in [2.75, 3.05) is 6.61 Å². The second-order valence-corrected chi connectivity index (χ2v) is 1.70. The summed E-state index contributed by atoms with van der Waals surface area (Å²) in [5.74, 6) is 0.296. The maximum atomic E-state index is 10.5. The van der Waals surface area contributed by atoms with Crippen molar-refractivity contribution in [1.82, 2.24) is 0 Å². The molecule has 1 unspecified atom stereocenters. The minimum atomic E-state index is -0.574. The summed E-state index contributed by atoms with van der Waals surface area (Å²) in [5.41, 5.74) is 5.25. The number of rotatable bonds is 0. The van der Waals surface area contributed by atoms with Gasteiger partial charge >= 0.3 is 0 Å². The van der Waals surface area contributed by atoms with Crippen LogP contribution in [0.1, 0.15) is 0 Å². The highest BCUT2D eigenvalue weighted by Gasteiger charge is 2.25.